The van der Waals surface area contributed by atoms with Gasteiger partial charge in [-0.3, -0.25) is 9.59 Å². The van der Waals surface area contributed by atoms with Gasteiger partial charge < -0.3 is 10.0 Å². The van der Waals surface area contributed by atoms with E-state index < -0.39 is 17.7 Å². The minimum atomic E-state index is -0.607. The molecule has 148 valence electrons. The fraction of sp³-hybridized carbons (Fsp3) is 0.250. The summed E-state index contributed by atoms with van der Waals surface area (Å²) in [6.45, 7) is 4.52. The van der Waals surface area contributed by atoms with Gasteiger partial charge in [-0.2, -0.15) is 0 Å². The van der Waals surface area contributed by atoms with E-state index in [0.29, 0.717) is 12.1 Å². The molecule has 0 bridgehead atoms. The zero-order valence-electron chi connectivity index (χ0n) is 16.5. The van der Waals surface area contributed by atoms with E-state index >= 15 is 0 Å². The first kappa shape index (κ1) is 19.4. The number of hydrogen-bond acceptors (Lipinski definition) is 4. The summed E-state index contributed by atoms with van der Waals surface area (Å²) in [5.74, 6) is -1.24. The Balaban J connectivity index is 1.94. The Kier molecular flexibility index (Phi) is 5.24. The molecule has 1 fully saturated rings. The highest BCUT2D eigenvalue weighted by atomic mass is 32.1. The minimum Gasteiger partial charge on any atom is -0.507 e. The third kappa shape index (κ3) is 3.25. The van der Waals surface area contributed by atoms with Gasteiger partial charge in [0.25, 0.3) is 11.7 Å². The Morgan fingerprint density at radius 3 is 2.59 bits per heavy atom. The molecule has 1 unspecified atom stereocenters. The van der Waals surface area contributed by atoms with Crippen LogP contribution in [-0.4, -0.2) is 28.2 Å². The van der Waals surface area contributed by atoms with E-state index in [2.05, 4.69) is 6.92 Å². The SMILES string of the molecule is CCCCN1C(=O)C(=O)/C(=C(/O)c2cccc3ccccc23)C1c1sccc1C. The van der Waals surface area contributed by atoms with Crippen LogP contribution in [0.4, 0.5) is 0 Å². The quantitative estimate of drug-likeness (QED) is 0.350. The summed E-state index contributed by atoms with van der Waals surface area (Å²) in [6, 6.07) is 14.8. The van der Waals surface area contributed by atoms with E-state index in [9.17, 15) is 14.7 Å². The van der Waals surface area contributed by atoms with Crippen LogP contribution in [0.15, 0.2) is 59.5 Å². The average molecular weight is 406 g/mol. The van der Waals surface area contributed by atoms with Crippen LogP contribution in [0.1, 0.15) is 41.8 Å². The van der Waals surface area contributed by atoms with Crippen molar-refractivity contribution in [3.05, 3.63) is 75.5 Å². The average Bonchev–Trinajstić information content (AvgIpc) is 3.26. The third-order valence-corrected chi connectivity index (χ3v) is 6.56. The number of unbranched alkanes of at least 4 members (excludes halogenated alkanes) is 1. The van der Waals surface area contributed by atoms with Crippen molar-refractivity contribution in [1.29, 1.82) is 0 Å². The maximum absolute atomic E-state index is 13.0. The topological polar surface area (TPSA) is 57.6 Å². The van der Waals surface area contributed by atoms with E-state index in [1.165, 1.54) is 11.3 Å². The number of thiophene rings is 1. The molecule has 1 saturated heterocycles. The first-order valence-corrected chi connectivity index (χ1v) is 10.7. The number of aliphatic hydroxyl groups excluding tert-OH is 1. The van der Waals surface area contributed by atoms with E-state index in [1.54, 1.807) is 11.0 Å². The predicted octanol–water partition coefficient (Wildman–Crippen LogP) is 5.43. The number of rotatable bonds is 5. The number of Topliss-reactive ketones (excluding diaryl/α,β-unsaturated/α-hetero) is 1. The first-order valence-electron chi connectivity index (χ1n) is 9.85. The van der Waals surface area contributed by atoms with Crippen molar-refractivity contribution in [2.24, 2.45) is 0 Å². The lowest BCUT2D eigenvalue weighted by molar-refractivity contribution is -0.139. The van der Waals surface area contributed by atoms with Crippen molar-refractivity contribution in [2.45, 2.75) is 32.7 Å². The number of aryl methyl sites for hydroxylation is 1. The number of fused-ring (bicyclic) bond motifs is 1. The second kappa shape index (κ2) is 7.84. The molecule has 0 spiro atoms. The molecular weight excluding hydrogens is 382 g/mol. The number of aliphatic hydroxyl groups is 1. The van der Waals surface area contributed by atoms with Gasteiger partial charge in [0.1, 0.15) is 5.76 Å². The van der Waals surface area contributed by atoms with Gasteiger partial charge >= 0.3 is 0 Å². The Hall–Kier alpha value is -2.92. The normalized spacial score (nSPS) is 18.7. The molecule has 1 atom stereocenters. The molecule has 1 N–H and O–H groups in total. The molecule has 1 aliphatic heterocycles. The summed E-state index contributed by atoms with van der Waals surface area (Å²) in [5.41, 5.74) is 1.79. The van der Waals surface area contributed by atoms with Crippen LogP contribution < -0.4 is 0 Å². The summed E-state index contributed by atoms with van der Waals surface area (Å²) < 4.78 is 0. The van der Waals surface area contributed by atoms with Crippen LogP contribution >= 0.6 is 11.3 Å². The molecule has 29 heavy (non-hydrogen) atoms. The largest absolute Gasteiger partial charge is 0.507 e. The molecule has 2 aromatic carbocycles. The number of carbonyl (C=O) groups is 2. The number of carbonyl (C=O) groups excluding carboxylic acids is 2. The molecule has 1 aliphatic rings. The summed E-state index contributed by atoms with van der Waals surface area (Å²) in [4.78, 5) is 28.5. The number of likely N-dealkylation sites (tertiary alicyclic amines) is 1. The van der Waals surface area contributed by atoms with Crippen LogP contribution in [0.25, 0.3) is 16.5 Å². The van der Waals surface area contributed by atoms with Gasteiger partial charge in [0, 0.05) is 17.0 Å². The van der Waals surface area contributed by atoms with E-state index in [1.807, 2.05) is 54.8 Å². The summed E-state index contributed by atoms with van der Waals surface area (Å²) in [7, 11) is 0. The molecule has 4 nitrogen and oxygen atoms in total. The molecule has 0 radical (unpaired) electrons. The van der Waals surface area contributed by atoms with Crippen molar-refractivity contribution in [3.8, 4) is 0 Å². The highest BCUT2D eigenvalue weighted by Gasteiger charge is 2.46. The van der Waals surface area contributed by atoms with Crippen molar-refractivity contribution in [1.82, 2.24) is 4.90 Å². The number of hydrogen-bond donors (Lipinski definition) is 1. The summed E-state index contributed by atoms with van der Waals surface area (Å²) in [5, 5.41) is 15.1. The zero-order valence-corrected chi connectivity index (χ0v) is 17.3. The Labute approximate surface area is 174 Å². The number of nitrogens with zero attached hydrogens (tertiary/aromatic N) is 1. The number of benzene rings is 2. The van der Waals surface area contributed by atoms with Gasteiger partial charge in [-0.25, -0.2) is 0 Å². The second-order valence-electron chi connectivity index (χ2n) is 7.34. The lowest BCUT2D eigenvalue weighted by Gasteiger charge is -2.24. The molecule has 3 aromatic rings. The fourth-order valence-electron chi connectivity index (χ4n) is 3.95. The predicted molar refractivity (Wildman–Crippen MR) is 117 cm³/mol. The third-order valence-electron chi connectivity index (χ3n) is 5.49. The van der Waals surface area contributed by atoms with Crippen molar-refractivity contribution < 1.29 is 14.7 Å². The highest BCUT2D eigenvalue weighted by molar-refractivity contribution is 7.10. The van der Waals surface area contributed by atoms with Gasteiger partial charge in [-0.05, 0) is 41.1 Å². The maximum Gasteiger partial charge on any atom is 0.295 e. The van der Waals surface area contributed by atoms with Crippen LogP contribution in [0.2, 0.25) is 0 Å². The molecule has 0 aliphatic carbocycles. The molecule has 1 amide bonds. The van der Waals surface area contributed by atoms with Gasteiger partial charge in [-0.15, -0.1) is 11.3 Å². The van der Waals surface area contributed by atoms with E-state index in [4.69, 9.17) is 0 Å². The summed E-state index contributed by atoms with van der Waals surface area (Å²) in [6.07, 6.45) is 1.73. The number of ketones is 1. The van der Waals surface area contributed by atoms with Gasteiger partial charge in [0.05, 0.1) is 11.6 Å². The van der Waals surface area contributed by atoms with Crippen LogP contribution in [-0.2, 0) is 9.59 Å². The molecule has 2 heterocycles. The van der Waals surface area contributed by atoms with Crippen molar-refractivity contribution >= 4 is 39.6 Å². The lowest BCUT2D eigenvalue weighted by Crippen LogP contribution is -2.30. The smallest absolute Gasteiger partial charge is 0.295 e. The Bertz CT molecular complexity index is 1120. The number of amides is 1. The van der Waals surface area contributed by atoms with Gasteiger partial charge in [0.2, 0.25) is 0 Å². The monoisotopic (exact) mass is 405 g/mol. The van der Waals surface area contributed by atoms with Crippen LogP contribution in [0.5, 0.6) is 0 Å². The Morgan fingerprint density at radius 2 is 1.86 bits per heavy atom. The standard InChI is InChI=1S/C24H23NO3S/c1-3-4-13-25-20(23-15(2)12-14-29-23)19(22(27)24(25)28)21(26)18-11-7-9-16-8-5-6-10-17(16)18/h5-12,14,20,26H,3-4,13H2,1-2H3/b21-19+. The van der Waals surface area contributed by atoms with Crippen LogP contribution in [0.3, 0.4) is 0 Å². The van der Waals surface area contributed by atoms with Gasteiger partial charge in [-0.1, -0.05) is 55.8 Å². The summed E-state index contributed by atoms with van der Waals surface area (Å²) >= 11 is 1.52. The van der Waals surface area contributed by atoms with Crippen LogP contribution in [0, 0.1) is 6.92 Å². The zero-order chi connectivity index (χ0) is 20.5. The molecule has 4 rings (SSSR count). The van der Waals surface area contributed by atoms with E-state index in [-0.39, 0.29) is 11.3 Å². The fourth-order valence-corrected chi connectivity index (χ4v) is 5.00. The van der Waals surface area contributed by atoms with Crippen molar-refractivity contribution in [3.63, 3.8) is 0 Å². The highest BCUT2D eigenvalue weighted by Crippen LogP contribution is 2.43. The molecule has 5 heteroatoms. The molecular formula is C24H23NO3S. The first-order chi connectivity index (χ1) is 14.0. The van der Waals surface area contributed by atoms with Gasteiger partial charge in [0.15, 0.2) is 0 Å². The maximum atomic E-state index is 13.0. The molecule has 0 saturated carbocycles. The van der Waals surface area contributed by atoms with E-state index in [0.717, 1.165) is 34.1 Å². The van der Waals surface area contributed by atoms with Crippen molar-refractivity contribution in [2.75, 3.05) is 6.54 Å². The lowest BCUT2D eigenvalue weighted by atomic mass is 9.95. The molecule has 1 aromatic heterocycles. The Morgan fingerprint density at radius 1 is 1.10 bits per heavy atom. The second-order valence-corrected chi connectivity index (χ2v) is 8.29. The minimum absolute atomic E-state index is 0.100.